The minimum atomic E-state index is -0.843. The van der Waals surface area contributed by atoms with Crippen molar-refractivity contribution >= 4 is 29.3 Å². The van der Waals surface area contributed by atoms with Crippen molar-refractivity contribution in [3.05, 3.63) is 34.4 Å². The average Bonchev–Trinajstić information content (AvgIpc) is 2.62. The van der Waals surface area contributed by atoms with E-state index in [0.717, 1.165) is 30.6 Å². The number of hydrogen-bond donors (Lipinski definition) is 1. The molecule has 0 bridgehead atoms. The van der Waals surface area contributed by atoms with Gasteiger partial charge in [-0.3, -0.25) is 19.7 Å². The first kappa shape index (κ1) is 20.2. The summed E-state index contributed by atoms with van der Waals surface area (Å²) in [6.07, 6.45) is 4.53. The number of rotatable bonds is 7. The first-order valence-corrected chi connectivity index (χ1v) is 9.66. The van der Waals surface area contributed by atoms with Crippen LogP contribution in [-0.4, -0.2) is 34.2 Å². The third kappa shape index (κ3) is 6.01. The smallest absolute Gasteiger partial charge is 0.319 e. The SMILES string of the molecule is C[C@H](OC(=O)[C@H](C)Sc1ccc([N+](=O)[O-])cc1)C(=O)NC1CCCCC1. The molecule has 142 valence electrons. The van der Waals surface area contributed by atoms with Crippen LogP contribution >= 0.6 is 11.8 Å². The van der Waals surface area contributed by atoms with Crippen LogP contribution in [0.1, 0.15) is 46.0 Å². The van der Waals surface area contributed by atoms with Gasteiger partial charge in [0, 0.05) is 23.1 Å². The maximum Gasteiger partial charge on any atom is 0.319 e. The number of nitrogens with zero attached hydrogens (tertiary/aromatic N) is 1. The molecule has 1 aliphatic carbocycles. The highest BCUT2D eigenvalue weighted by molar-refractivity contribution is 8.00. The highest BCUT2D eigenvalue weighted by Crippen LogP contribution is 2.26. The molecule has 1 aromatic rings. The van der Waals surface area contributed by atoms with E-state index < -0.39 is 22.2 Å². The Labute approximate surface area is 157 Å². The number of nitro groups is 1. The molecular weight excluding hydrogens is 356 g/mol. The number of ether oxygens (including phenoxy) is 1. The molecule has 26 heavy (non-hydrogen) atoms. The van der Waals surface area contributed by atoms with E-state index in [2.05, 4.69) is 5.32 Å². The monoisotopic (exact) mass is 380 g/mol. The minimum Gasteiger partial charge on any atom is -0.452 e. The number of carbonyl (C=O) groups is 2. The van der Waals surface area contributed by atoms with E-state index in [-0.39, 0.29) is 17.6 Å². The Morgan fingerprint density at radius 1 is 1.19 bits per heavy atom. The molecule has 1 aromatic carbocycles. The fourth-order valence-electron chi connectivity index (χ4n) is 2.79. The van der Waals surface area contributed by atoms with Crippen molar-refractivity contribution in [2.24, 2.45) is 0 Å². The maximum atomic E-state index is 12.2. The molecule has 2 rings (SSSR count). The third-order valence-electron chi connectivity index (χ3n) is 4.31. The van der Waals surface area contributed by atoms with Gasteiger partial charge in [-0.25, -0.2) is 0 Å². The van der Waals surface area contributed by atoms with Crippen molar-refractivity contribution < 1.29 is 19.2 Å². The van der Waals surface area contributed by atoms with Crippen molar-refractivity contribution in [1.29, 1.82) is 0 Å². The van der Waals surface area contributed by atoms with E-state index in [1.54, 1.807) is 26.0 Å². The van der Waals surface area contributed by atoms with Gasteiger partial charge in [-0.05, 0) is 38.8 Å². The first-order chi connectivity index (χ1) is 12.4. The molecule has 0 saturated heterocycles. The predicted octanol–water partition coefficient (Wildman–Crippen LogP) is 3.46. The van der Waals surface area contributed by atoms with Gasteiger partial charge in [0.05, 0.1) is 4.92 Å². The predicted molar refractivity (Wildman–Crippen MR) is 99.0 cm³/mol. The number of carbonyl (C=O) groups excluding carboxylic acids is 2. The molecule has 0 aliphatic heterocycles. The molecule has 0 unspecified atom stereocenters. The number of thioether (sulfide) groups is 1. The summed E-state index contributed by atoms with van der Waals surface area (Å²) in [5, 5.41) is 13.1. The van der Waals surface area contributed by atoms with Gasteiger partial charge in [0.2, 0.25) is 0 Å². The van der Waals surface area contributed by atoms with E-state index in [9.17, 15) is 19.7 Å². The van der Waals surface area contributed by atoms with Gasteiger partial charge in [0.15, 0.2) is 6.10 Å². The molecule has 7 nitrogen and oxygen atoms in total. The van der Waals surface area contributed by atoms with E-state index in [1.807, 2.05) is 0 Å². The summed E-state index contributed by atoms with van der Waals surface area (Å²) in [5.74, 6) is -0.752. The molecule has 1 aliphatic rings. The zero-order valence-electron chi connectivity index (χ0n) is 15.0. The Hall–Kier alpha value is -2.09. The lowest BCUT2D eigenvalue weighted by atomic mass is 9.95. The molecule has 0 radical (unpaired) electrons. The largest absolute Gasteiger partial charge is 0.452 e. The Kier molecular flexibility index (Phi) is 7.44. The van der Waals surface area contributed by atoms with Gasteiger partial charge >= 0.3 is 5.97 Å². The zero-order valence-corrected chi connectivity index (χ0v) is 15.8. The second-order valence-corrected chi connectivity index (χ2v) is 7.85. The zero-order chi connectivity index (χ0) is 19.1. The molecule has 8 heteroatoms. The number of nitrogens with one attached hydrogen (secondary N) is 1. The van der Waals surface area contributed by atoms with E-state index >= 15 is 0 Å². The fourth-order valence-corrected chi connectivity index (χ4v) is 3.64. The third-order valence-corrected chi connectivity index (χ3v) is 5.40. The summed E-state index contributed by atoms with van der Waals surface area (Å²) in [7, 11) is 0. The molecule has 1 fully saturated rings. The highest BCUT2D eigenvalue weighted by Gasteiger charge is 2.25. The summed E-state index contributed by atoms with van der Waals surface area (Å²) in [5.41, 5.74) is -0.00224. The summed E-state index contributed by atoms with van der Waals surface area (Å²) in [6.45, 7) is 3.25. The summed E-state index contributed by atoms with van der Waals surface area (Å²) in [4.78, 5) is 35.3. The van der Waals surface area contributed by atoms with Crippen LogP contribution in [0, 0.1) is 10.1 Å². The summed E-state index contributed by atoms with van der Waals surface area (Å²) < 4.78 is 5.27. The van der Waals surface area contributed by atoms with Crippen LogP contribution in [0.15, 0.2) is 29.2 Å². The lowest BCUT2D eigenvalue weighted by molar-refractivity contribution is -0.384. The van der Waals surface area contributed by atoms with Crippen molar-refractivity contribution in [3.63, 3.8) is 0 Å². The second-order valence-electron chi connectivity index (χ2n) is 6.43. The molecule has 1 N–H and O–H groups in total. The van der Waals surface area contributed by atoms with Crippen molar-refractivity contribution in [2.75, 3.05) is 0 Å². The number of nitro benzene ring substituents is 1. The average molecular weight is 380 g/mol. The molecule has 1 saturated carbocycles. The fraction of sp³-hybridized carbons (Fsp3) is 0.556. The molecule has 0 aromatic heterocycles. The number of amides is 1. The number of benzene rings is 1. The van der Waals surface area contributed by atoms with Crippen LogP contribution in [0.2, 0.25) is 0 Å². The Morgan fingerprint density at radius 3 is 2.38 bits per heavy atom. The number of esters is 1. The molecular formula is C18H24N2O5S. The van der Waals surface area contributed by atoms with Crippen LogP contribution in [-0.2, 0) is 14.3 Å². The lowest BCUT2D eigenvalue weighted by Gasteiger charge is -2.24. The molecule has 0 spiro atoms. The van der Waals surface area contributed by atoms with Crippen LogP contribution in [0.25, 0.3) is 0 Å². The lowest BCUT2D eigenvalue weighted by Crippen LogP contribution is -2.43. The van der Waals surface area contributed by atoms with Crippen LogP contribution in [0.4, 0.5) is 5.69 Å². The maximum absolute atomic E-state index is 12.2. The van der Waals surface area contributed by atoms with Gasteiger partial charge in [0.25, 0.3) is 11.6 Å². The van der Waals surface area contributed by atoms with E-state index in [1.165, 1.54) is 30.3 Å². The number of hydrogen-bond acceptors (Lipinski definition) is 6. The Balaban J connectivity index is 1.81. The van der Waals surface area contributed by atoms with E-state index in [0.29, 0.717) is 0 Å². The standard InChI is InChI=1S/C18H24N2O5S/c1-12(17(21)19-14-6-4-3-5-7-14)25-18(22)13(2)26-16-10-8-15(9-11-16)20(23)24/h8-14H,3-7H2,1-2H3,(H,19,21)/t12-,13-/m0/s1. The first-order valence-electron chi connectivity index (χ1n) is 8.79. The highest BCUT2D eigenvalue weighted by atomic mass is 32.2. The van der Waals surface area contributed by atoms with Crippen molar-refractivity contribution in [2.45, 2.75) is 68.2 Å². The van der Waals surface area contributed by atoms with Gasteiger partial charge < -0.3 is 10.1 Å². The summed E-state index contributed by atoms with van der Waals surface area (Å²) >= 11 is 1.23. The summed E-state index contributed by atoms with van der Waals surface area (Å²) in [6, 6.07) is 6.13. The van der Waals surface area contributed by atoms with Gasteiger partial charge in [-0.2, -0.15) is 0 Å². The minimum absolute atomic E-state index is 0.00224. The quantitative estimate of drug-likeness (QED) is 0.337. The Morgan fingerprint density at radius 2 is 1.81 bits per heavy atom. The van der Waals surface area contributed by atoms with Gasteiger partial charge in [-0.1, -0.05) is 19.3 Å². The molecule has 0 heterocycles. The van der Waals surface area contributed by atoms with Crippen LogP contribution in [0.5, 0.6) is 0 Å². The van der Waals surface area contributed by atoms with Gasteiger partial charge in [0.1, 0.15) is 5.25 Å². The van der Waals surface area contributed by atoms with Crippen molar-refractivity contribution in [1.82, 2.24) is 5.32 Å². The van der Waals surface area contributed by atoms with Gasteiger partial charge in [-0.15, -0.1) is 11.8 Å². The normalized spacial score (nSPS) is 17.2. The topological polar surface area (TPSA) is 98.5 Å². The van der Waals surface area contributed by atoms with Crippen molar-refractivity contribution in [3.8, 4) is 0 Å². The number of non-ortho nitro benzene ring substituents is 1. The second kappa shape index (κ2) is 9.56. The van der Waals surface area contributed by atoms with E-state index in [4.69, 9.17) is 4.74 Å². The van der Waals surface area contributed by atoms with Crippen LogP contribution < -0.4 is 5.32 Å². The van der Waals surface area contributed by atoms with Crippen LogP contribution in [0.3, 0.4) is 0 Å². The molecule has 1 amide bonds. The Bertz CT molecular complexity index is 643. The molecule has 2 atom stereocenters.